The van der Waals surface area contributed by atoms with Crippen molar-refractivity contribution in [1.82, 2.24) is 10.3 Å². The fourth-order valence-electron chi connectivity index (χ4n) is 2.14. The van der Waals surface area contributed by atoms with Crippen molar-refractivity contribution in [2.75, 3.05) is 0 Å². The predicted octanol–water partition coefficient (Wildman–Crippen LogP) is 3.51. The lowest BCUT2D eigenvalue weighted by molar-refractivity contribution is 0.454. The molecule has 2 N–H and O–H groups in total. The van der Waals surface area contributed by atoms with Crippen molar-refractivity contribution in [3.05, 3.63) is 58.9 Å². The quantitative estimate of drug-likeness (QED) is 0.874. The Morgan fingerprint density at radius 1 is 1.15 bits per heavy atom. The zero-order chi connectivity index (χ0) is 14.5. The monoisotopic (exact) mass is 270 g/mol. The highest BCUT2D eigenvalue weighted by atomic mass is 16.3. The maximum atomic E-state index is 9.78. The molecule has 0 fully saturated rings. The van der Waals surface area contributed by atoms with Crippen LogP contribution < -0.4 is 5.32 Å². The van der Waals surface area contributed by atoms with E-state index in [0.717, 1.165) is 12.1 Å². The first-order valence-corrected chi connectivity index (χ1v) is 7.08. The minimum Gasteiger partial charge on any atom is -0.506 e. The molecule has 1 aromatic heterocycles. The molecule has 0 bridgehead atoms. The fraction of sp³-hybridized carbons (Fsp3) is 0.353. The summed E-state index contributed by atoms with van der Waals surface area (Å²) >= 11 is 0. The van der Waals surface area contributed by atoms with Crippen molar-refractivity contribution in [2.45, 2.75) is 39.8 Å². The largest absolute Gasteiger partial charge is 0.506 e. The number of pyridine rings is 1. The molecule has 20 heavy (non-hydrogen) atoms. The normalized spacial score (nSPS) is 12.3. The summed E-state index contributed by atoms with van der Waals surface area (Å²) < 4.78 is 0. The van der Waals surface area contributed by atoms with Gasteiger partial charge >= 0.3 is 0 Å². The van der Waals surface area contributed by atoms with E-state index in [4.69, 9.17) is 0 Å². The van der Waals surface area contributed by atoms with E-state index >= 15 is 0 Å². The molecular weight excluding hydrogens is 248 g/mol. The first-order valence-electron chi connectivity index (χ1n) is 7.08. The highest BCUT2D eigenvalue weighted by Gasteiger charge is 2.08. The minimum absolute atomic E-state index is 0.225. The third kappa shape index (κ3) is 3.58. The highest BCUT2D eigenvalue weighted by molar-refractivity contribution is 5.28. The summed E-state index contributed by atoms with van der Waals surface area (Å²) in [5, 5.41) is 13.2. The van der Waals surface area contributed by atoms with E-state index in [9.17, 15) is 5.11 Å². The summed E-state index contributed by atoms with van der Waals surface area (Å²) in [6.07, 6.45) is 1.06. The lowest BCUT2D eigenvalue weighted by Gasteiger charge is -2.15. The molecule has 1 aromatic carbocycles. The van der Waals surface area contributed by atoms with Gasteiger partial charge in [-0.2, -0.15) is 0 Å². The Balaban J connectivity index is 2.00. The SMILES string of the molecule is CCc1ccc(C(C)NCc2nc(C)ccc2O)cc1. The smallest absolute Gasteiger partial charge is 0.138 e. The van der Waals surface area contributed by atoms with Crippen molar-refractivity contribution >= 4 is 0 Å². The molecule has 0 saturated heterocycles. The van der Waals surface area contributed by atoms with Crippen molar-refractivity contribution in [2.24, 2.45) is 0 Å². The van der Waals surface area contributed by atoms with Crippen LogP contribution in [0.25, 0.3) is 0 Å². The summed E-state index contributed by atoms with van der Waals surface area (Å²) in [5.41, 5.74) is 4.20. The Labute approximate surface area is 120 Å². The van der Waals surface area contributed by atoms with Gasteiger partial charge in [-0.15, -0.1) is 0 Å². The molecule has 1 unspecified atom stereocenters. The molecule has 0 spiro atoms. The average molecular weight is 270 g/mol. The van der Waals surface area contributed by atoms with Crippen molar-refractivity contribution in [3.8, 4) is 5.75 Å². The van der Waals surface area contributed by atoms with E-state index in [1.54, 1.807) is 6.07 Å². The first kappa shape index (κ1) is 14.5. The van der Waals surface area contributed by atoms with Gasteiger partial charge in [0.05, 0.1) is 5.69 Å². The molecule has 3 nitrogen and oxygen atoms in total. The van der Waals surface area contributed by atoms with Crippen LogP contribution in [0.5, 0.6) is 5.75 Å². The van der Waals surface area contributed by atoms with Gasteiger partial charge in [0.2, 0.25) is 0 Å². The van der Waals surface area contributed by atoms with E-state index in [2.05, 4.69) is 48.4 Å². The van der Waals surface area contributed by atoms with Gasteiger partial charge in [-0.1, -0.05) is 31.2 Å². The summed E-state index contributed by atoms with van der Waals surface area (Å²) in [6, 6.07) is 12.4. The number of benzene rings is 1. The van der Waals surface area contributed by atoms with E-state index in [-0.39, 0.29) is 11.8 Å². The Hall–Kier alpha value is -1.87. The van der Waals surface area contributed by atoms with Crippen LogP contribution in [-0.2, 0) is 13.0 Å². The minimum atomic E-state index is 0.225. The second-order valence-electron chi connectivity index (χ2n) is 5.12. The zero-order valence-corrected chi connectivity index (χ0v) is 12.4. The van der Waals surface area contributed by atoms with Crippen LogP contribution in [-0.4, -0.2) is 10.1 Å². The van der Waals surface area contributed by atoms with Crippen LogP contribution >= 0.6 is 0 Å². The number of aromatic nitrogens is 1. The zero-order valence-electron chi connectivity index (χ0n) is 12.4. The molecule has 0 aliphatic rings. The standard InChI is InChI=1S/C17H22N2O/c1-4-14-6-8-15(9-7-14)13(3)18-11-16-17(20)10-5-12(2)19-16/h5-10,13,18,20H,4,11H2,1-3H3. The molecule has 0 saturated carbocycles. The van der Waals surface area contributed by atoms with E-state index < -0.39 is 0 Å². The molecule has 0 aliphatic heterocycles. The molecule has 0 amide bonds. The second-order valence-corrected chi connectivity index (χ2v) is 5.12. The van der Waals surface area contributed by atoms with Crippen LogP contribution in [0.15, 0.2) is 36.4 Å². The Morgan fingerprint density at radius 2 is 1.85 bits per heavy atom. The summed E-state index contributed by atoms with van der Waals surface area (Å²) in [4.78, 5) is 4.35. The molecule has 3 heteroatoms. The molecule has 0 radical (unpaired) electrons. The molecule has 2 rings (SSSR count). The number of hydrogen-bond acceptors (Lipinski definition) is 3. The van der Waals surface area contributed by atoms with Crippen molar-refractivity contribution in [3.63, 3.8) is 0 Å². The molecular formula is C17H22N2O. The number of nitrogens with zero attached hydrogens (tertiary/aromatic N) is 1. The Morgan fingerprint density at radius 3 is 2.50 bits per heavy atom. The topological polar surface area (TPSA) is 45.2 Å². The molecule has 0 aliphatic carbocycles. The van der Waals surface area contributed by atoms with Gasteiger partial charge in [-0.3, -0.25) is 4.98 Å². The highest BCUT2D eigenvalue weighted by Crippen LogP contribution is 2.18. The first-order chi connectivity index (χ1) is 9.60. The van der Waals surface area contributed by atoms with Gasteiger partial charge in [0.25, 0.3) is 0 Å². The maximum absolute atomic E-state index is 9.78. The third-order valence-corrected chi connectivity index (χ3v) is 3.55. The molecule has 1 heterocycles. The summed E-state index contributed by atoms with van der Waals surface area (Å²) in [5.74, 6) is 0.247. The fourth-order valence-corrected chi connectivity index (χ4v) is 2.14. The van der Waals surface area contributed by atoms with Gasteiger partial charge in [0, 0.05) is 18.3 Å². The summed E-state index contributed by atoms with van der Waals surface area (Å²) in [6.45, 7) is 6.76. The average Bonchev–Trinajstić information content (AvgIpc) is 2.48. The molecule has 1 atom stereocenters. The Kier molecular flexibility index (Phi) is 4.74. The van der Waals surface area contributed by atoms with Gasteiger partial charge in [0.1, 0.15) is 5.75 Å². The van der Waals surface area contributed by atoms with Crippen LogP contribution in [0.3, 0.4) is 0 Å². The number of rotatable bonds is 5. The van der Waals surface area contributed by atoms with Gasteiger partial charge in [0.15, 0.2) is 0 Å². The van der Waals surface area contributed by atoms with Crippen LogP contribution in [0, 0.1) is 6.92 Å². The van der Waals surface area contributed by atoms with Crippen molar-refractivity contribution in [1.29, 1.82) is 0 Å². The molecule has 2 aromatic rings. The second kappa shape index (κ2) is 6.53. The lowest BCUT2D eigenvalue weighted by Crippen LogP contribution is -2.19. The predicted molar refractivity (Wildman–Crippen MR) is 81.7 cm³/mol. The summed E-state index contributed by atoms with van der Waals surface area (Å²) in [7, 11) is 0. The number of hydrogen-bond donors (Lipinski definition) is 2. The maximum Gasteiger partial charge on any atom is 0.138 e. The van der Waals surface area contributed by atoms with Gasteiger partial charge in [-0.25, -0.2) is 0 Å². The van der Waals surface area contributed by atoms with E-state index in [1.165, 1.54) is 11.1 Å². The number of aryl methyl sites for hydroxylation is 2. The van der Waals surface area contributed by atoms with Gasteiger partial charge < -0.3 is 10.4 Å². The van der Waals surface area contributed by atoms with Crippen LogP contribution in [0.1, 0.15) is 42.4 Å². The lowest BCUT2D eigenvalue weighted by atomic mass is 10.0. The van der Waals surface area contributed by atoms with Crippen LogP contribution in [0.4, 0.5) is 0 Å². The van der Waals surface area contributed by atoms with E-state index in [1.807, 2.05) is 13.0 Å². The third-order valence-electron chi connectivity index (χ3n) is 3.55. The number of nitrogens with one attached hydrogen (secondary N) is 1. The van der Waals surface area contributed by atoms with E-state index in [0.29, 0.717) is 12.2 Å². The Bertz CT molecular complexity index is 564. The van der Waals surface area contributed by atoms with Crippen molar-refractivity contribution < 1.29 is 5.11 Å². The number of aromatic hydroxyl groups is 1. The molecule has 106 valence electrons. The van der Waals surface area contributed by atoms with Gasteiger partial charge in [-0.05, 0) is 43.5 Å². The van der Waals surface area contributed by atoms with Crippen LogP contribution in [0.2, 0.25) is 0 Å².